The van der Waals surface area contributed by atoms with Crippen LogP contribution >= 0.6 is 22.9 Å². The topological polar surface area (TPSA) is 60.2 Å². The van der Waals surface area contributed by atoms with Gasteiger partial charge < -0.3 is 9.84 Å². The van der Waals surface area contributed by atoms with Crippen molar-refractivity contribution in [2.75, 3.05) is 0 Å². The Kier molecular flexibility index (Phi) is 3.66. The average Bonchev–Trinajstić information content (AvgIpc) is 2.86. The monoisotopic (exact) mass is 273 g/mol. The SMILES string of the molecule is CC(C)n1cc(Oc2nc(Cl)c(CO)s2)cn1. The number of aliphatic hydroxyl groups excluding tert-OH is 1. The summed E-state index contributed by atoms with van der Waals surface area (Å²) in [5.41, 5.74) is 0. The molecule has 0 aromatic carbocycles. The third kappa shape index (κ3) is 2.77. The Balaban J connectivity index is 2.13. The first-order valence-corrected chi connectivity index (χ1v) is 6.27. The highest BCUT2D eigenvalue weighted by molar-refractivity contribution is 7.13. The predicted molar refractivity (Wildman–Crippen MR) is 65.7 cm³/mol. The zero-order valence-electron chi connectivity index (χ0n) is 9.42. The number of ether oxygens (including phenoxy) is 1. The highest BCUT2D eigenvalue weighted by Crippen LogP contribution is 2.31. The summed E-state index contributed by atoms with van der Waals surface area (Å²) >= 11 is 7.03. The third-order valence-electron chi connectivity index (χ3n) is 2.09. The maximum absolute atomic E-state index is 8.99. The van der Waals surface area contributed by atoms with Gasteiger partial charge in [0.2, 0.25) is 0 Å². The first-order valence-electron chi connectivity index (χ1n) is 5.08. The van der Waals surface area contributed by atoms with E-state index in [0.29, 0.717) is 15.8 Å². The smallest absolute Gasteiger partial charge is 0.280 e. The molecule has 17 heavy (non-hydrogen) atoms. The van der Waals surface area contributed by atoms with E-state index in [1.54, 1.807) is 17.1 Å². The van der Waals surface area contributed by atoms with Crippen molar-refractivity contribution < 1.29 is 9.84 Å². The Morgan fingerprint density at radius 1 is 1.59 bits per heavy atom. The Labute approximate surface area is 108 Å². The number of aromatic nitrogens is 3. The number of hydrogen-bond donors (Lipinski definition) is 1. The molecule has 0 spiro atoms. The number of halogens is 1. The van der Waals surface area contributed by atoms with Gasteiger partial charge >= 0.3 is 0 Å². The molecule has 92 valence electrons. The molecule has 0 saturated heterocycles. The lowest BCUT2D eigenvalue weighted by Crippen LogP contribution is -1.99. The van der Waals surface area contributed by atoms with Gasteiger partial charge in [0.1, 0.15) is 5.15 Å². The molecule has 0 aliphatic rings. The zero-order chi connectivity index (χ0) is 12.4. The van der Waals surface area contributed by atoms with Gasteiger partial charge in [-0.3, -0.25) is 4.68 Å². The second kappa shape index (κ2) is 5.03. The lowest BCUT2D eigenvalue weighted by Gasteiger charge is -2.02. The fourth-order valence-electron chi connectivity index (χ4n) is 1.21. The summed E-state index contributed by atoms with van der Waals surface area (Å²) in [5, 5.41) is 13.8. The number of aliphatic hydroxyl groups is 1. The normalized spacial score (nSPS) is 11.1. The maximum Gasteiger partial charge on any atom is 0.280 e. The molecule has 0 unspecified atom stereocenters. The fraction of sp³-hybridized carbons (Fsp3) is 0.400. The molecular formula is C10H12ClN3O2S. The molecular weight excluding hydrogens is 262 g/mol. The summed E-state index contributed by atoms with van der Waals surface area (Å²) < 4.78 is 7.29. The van der Waals surface area contributed by atoms with Crippen LogP contribution in [0.4, 0.5) is 0 Å². The summed E-state index contributed by atoms with van der Waals surface area (Å²) in [6.45, 7) is 3.92. The summed E-state index contributed by atoms with van der Waals surface area (Å²) in [4.78, 5) is 4.59. The second-order valence-electron chi connectivity index (χ2n) is 3.70. The van der Waals surface area contributed by atoms with Crippen molar-refractivity contribution in [3.05, 3.63) is 22.4 Å². The molecule has 0 aliphatic heterocycles. The molecule has 7 heteroatoms. The van der Waals surface area contributed by atoms with E-state index in [1.807, 2.05) is 13.8 Å². The van der Waals surface area contributed by atoms with E-state index < -0.39 is 0 Å². The minimum atomic E-state index is -0.134. The predicted octanol–water partition coefficient (Wildman–Crippen LogP) is 2.86. The van der Waals surface area contributed by atoms with Gasteiger partial charge in [-0.1, -0.05) is 22.9 Å². The van der Waals surface area contributed by atoms with Crippen LogP contribution in [0.1, 0.15) is 24.8 Å². The lowest BCUT2D eigenvalue weighted by molar-refractivity contribution is 0.285. The zero-order valence-corrected chi connectivity index (χ0v) is 11.0. The number of rotatable bonds is 4. The first-order chi connectivity index (χ1) is 8.10. The van der Waals surface area contributed by atoms with Gasteiger partial charge in [0, 0.05) is 6.04 Å². The molecule has 0 fully saturated rings. The van der Waals surface area contributed by atoms with Crippen molar-refractivity contribution in [1.82, 2.24) is 14.8 Å². The Morgan fingerprint density at radius 3 is 2.88 bits per heavy atom. The molecule has 0 saturated carbocycles. The van der Waals surface area contributed by atoms with Crippen molar-refractivity contribution >= 4 is 22.9 Å². The van der Waals surface area contributed by atoms with Gasteiger partial charge in [-0.2, -0.15) is 10.1 Å². The second-order valence-corrected chi connectivity index (χ2v) is 5.11. The molecule has 0 atom stereocenters. The highest BCUT2D eigenvalue weighted by Gasteiger charge is 2.11. The van der Waals surface area contributed by atoms with Gasteiger partial charge in [-0.15, -0.1) is 0 Å². The van der Waals surface area contributed by atoms with Crippen LogP contribution in [0.15, 0.2) is 12.4 Å². The van der Waals surface area contributed by atoms with Crippen LogP contribution in [-0.2, 0) is 6.61 Å². The van der Waals surface area contributed by atoms with Crippen LogP contribution in [0, 0.1) is 0 Å². The van der Waals surface area contributed by atoms with Gasteiger partial charge in [0.05, 0.1) is 23.9 Å². The quantitative estimate of drug-likeness (QED) is 0.930. The molecule has 0 amide bonds. The van der Waals surface area contributed by atoms with E-state index in [-0.39, 0.29) is 17.8 Å². The maximum atomic E-state index is 8.99. The van der Waals surface area contributed by atoms with Crippen LogP contribution < -0.4 is 4.74 Å². The molecule has 1 N–H and O–H groups in total. The molecule has 0 aliphatic carbocycles. The number of thiazole rings is 1. The molecule has 2 rings (SSSR count). The highest BCUT2D eigenvalue weighted by atomic mass is 35.5. The van der Waals surface area contributed by atoms with Gasteiger partial charge in [0.25, 0.3) is 5.19 Å². The van der Waals surface area contributed by atoms with Gasteiger partial charge in [-0.05, 0) is 13.8 Å². The van der Waals surface area contributed by atoms with Gasteiger partial charge in [0.15, 0.2) is 5.75 Å². The van der Waals surface area contributed by atoms with Crippen molar-refractivity contribution in [2.24, 2.45) is 0 Å². The van der Waals surface area contributed by atoms with Crippen molar-refractivity contribution in [3.63, 3.8) is 0 Å². The van der Waals surface area contributed by atoms with Crippen LogP contribution in [0.25, 0.3) is 0 Å². The molecule has 5 nitrogen and oxygen atoms in total. The Morgan fingerprint density at radius 2 is 2.35 bits per heavy atom. The standard InChI is InChI=1S/C10H12ClN3O2S/c1-6(2)14-4-7(3-12-14)16-10-13-9(11)8(5-15)17-10/h3-4,6,15H,5H2,1-2H3. The van der Waals surface area contributed by atoms with E-state index in [4.69, 9.17) is 21.4 Å². The molecule has 0 bridgehead atoms. The summed E-state index contributed by atoms with van der Waals surface area (Å²) in [6.07, 6.45) is 3.41. The van der Waals surface area contributed by atoms with Crippen molar-refractivity contribution in [2.45, 2.75) is 26.5 Å². The third-order valence-corrected chi connectivity index (χ3v) is 3.43. The van der Waals surface area contributed by atoms with E-state index in [0.717, 1.165) is 0 Å². The summed E-state index contributed by atoms with van der Waals surface area (Å²) in [6, 6.07) is 0.278. The van der Waals surface area contributed by atoms with Crippen LogP contribution in [0.3, 0.4) is 0 Å². The van der Waals surface area contributed by atoms with Crippen LogP contribution in [-0.4, -0.2) is 19.9 Å². The summed E-state index contributed by atoms with van der Waals surface area (Å²) in [7, 11) is 0. The lowest BCUT2D eigenvalue weighted by atomic mass is 10.4. The largest absolute Gasteiger partial charge is 0.427 e. The molecule has 2 aromatic rings. The Bertz CT molecular complexity index is 509. The van der Waals surface area contributed by atoms with E-state index >= 15 is 0 Å². The Hall–Kier alpha value is -1.11. The fourth-order valence-corrected chi connectivity index (χ4v) is 2.19. The summed E-state index contributed by atoms with van der Waals surface area (Å²) in [5.74, 6) is 0.605. The molecule has 2 aromatic heterocycles. The average molecular weight is 274 g/mol. The van der Waals surface area contributed by atoms with Crippen molar-refractivity contribution in [1.29, 1.82) is 0 Å². The van der Waals surface area contributed by atoms with E-state index in [9.17, 15) is 0 Å². The van der Waals surface area contributed by atoms with E-state index in [2.05, 4.69) is 10.1 Å². The van der Waals surface area contributed by atoms with Crippen LogP contribution in [0.5, 0.6) is 10.9 Å². The number of nitrogens with zero attached hydrogens (tertiary/aromatic N) is 3. The van der Waals surface area contributed by atoms with Crippen molar-refractivity contribution in [3.8, 4) is 10.9 Å². The van der Waals surface area contributed by atoms with E-state index in [1.165, 1.54) is 11.3 Å². The minimum absolute atomic E-state index is 0.134. The number of hydrogen-bond acceptors (Lipinski definition) is 5. The van der Waals surface area contributed by atoms with Gasteiger partial charge in [-0.25, -0.2) is 0 Å². The molecule has 2 heterocycles. The molecule has 0 radical (unpaired) electrons. The first kappa shape index (κ1) is 12.3. The minimum Gasteiger partial charge on any atom is -0.427 e. The van der Waals surface area contributed by atoms with Crippen LogP contribution in [0.2, 0.25) is 5.15 Å².